The van der Waals surface area contributed by atoms with Gasteiger partial charge in [0.05, 0.1) is 17.7 Å². The monoisotopic (exact) mass is 1090 g/mol. The molecule has 0 amide bonds. The molecule has 21 N–H and O–H groups in total. The summed E-state index contributed by atoms with van der Waals surface area (Å²) in [6, 6.07) is 0.0376. The number of hydrogen-bond acceptors (Lipinski definition) is 30. The number of rotatable bonds is 17. The van der Waals surface area contributed by atoms with Gasteiger partial charge in [-0.05, 0) is 72.8 Å². The number of aliphatic hydroxyl groups excluding tert-OH is 2. The largest absolute Gasteiger partial charge is 0.504 e. The molecule has 30 heteroatoms. The van der Waals surface area contributed by atoms with Crippen LogP contribution in [0.15, 0.2) is 72.8 Å². The third-order valence-electron chi connectivity index (χ3n) is 11.6. The Hall–Kier alpha value is -11.1. The zero-order valence-corrected chi connectivity index (χ0v) is 38.3. The Morgan fingerprint density at radius 3 is 0.897 bits per heavy atom. The average molecular weight is 1090 g/mol. The number of aliphatic hydroxyl groups is 3. The van der Waals surface area contributed by atoms with Gasteiger partial charge in [0, 0.05) is 22.3 Å². The summed E-state index contributed by atoms with van der Waals surface area (Å²) in [6.07, 6.45) is -3.90. The van der Waals surface area contributed by atoms with Crippen LogP contribution in [0.4, 0.5) is 0 Å². The van der Waals surface area contributed by atoms with E-state index in [0.29, 0.717) is 0 Å². The number of phenolic OH excluding ortho intramolecular Hbond substituents is 18. The number of benzene rings is 6. The Bertz CT molecular complexity index is 3450. The van der Waals surface area contributed by atoms with Gasteiger partial charge in [-0.25, -0.2) is 9.59 Å². The number of phenols is 18. The lowest BCUT2D eigenvalue weighted by molar-refractivity contribution is -0.213. The van der Waals surface area contributed by atoms with Crippen LogP contribution >= 0.6 is 0 Å². The van der Waals surface area contributed by atoms with Crippen molar-refractivity contribution >= 4 is 40.9 Å². The fraction of sp³-hybridized carbons (Fsp3) is 0.104. The van der Waals surface area contributed by atoms with Crippen molar-refractivity contribution in [3.8, 4) is 103 Å². The number of aromatic hydroxyl groups is 18. The molecule has 4 unspecified atom stereocenters. The summed E-state index contributed by atoms with van der Waals surface area (Å²) in [4.78, 5) is 109. The van der Waals surface area contributed by atoms with Crippen molar-refractivity contribution in [2.45, 2.75) is 22.9 Å². The van der Waals surface area contributed by atoms with Crippen LogP contribution in [0.25, 0.3) is 0 Å². The summed E-state index contributed by atoms with van der Waals surface area (Å²) in [5.41, 5.74) is -26.9. The highest BCUT2D eigenvalue weighted by molar-refractivity contribution is 6.53. The van der Waals surface area contributed by atoms with E-state index in [0.717, 1.165) is 0 Å². The van der Waals surface area contributed by atoms with Crippen molar-refractivity contribution in [1.82, 2.24) is 0 Å². The lowest BCUT2D eigenvalue weighted by atomic mass is 9.58. The molecule has 0 saturated carbocycles. The van der Waals surface area contributed by atoms with Crippen molar-refractivity contribution in [1.29, 1.82) is 0 Å². The summed E-state index contributed by atoms with van der Waals surface area (Å²) in [5, 5.41) is 225. The maximum Gasteiger partial charge on any atom is 0.340 e. The molecule has 0 fully saturated rings. The first-order chi connectivity index (χ1) is 36.2. The maximum absolute atomic E-state index is 16.4. The van der Waals surface area contributed by atoms with Crippen LogP contribution in [0.1, 0.15) is 62.1 Å². The van der Waals surface area contributed by atoms with Crippen molar-refractivity contribution in [2.24, 2.45) is 0 Å². The number of Topliss-reactive ketones (excluding diaryl/α,β-unsaturated/α-hetero) is 5. The van der Waals surface area contributed by atoms with E-state index in [1.807, 2.05) is 0 Å². The predicted octanol–water partition coefficient (Wildman–Crippen LogP) is 0.0638. The topological polar surface area (TPSA) is 563 Å². The summed E-state index contributed by atoms with van der Waals surface area (Å²) in [7, 11) is 0. The minimum atomic E-state index is -5.76. The van der Waals surface area contributed by atoms with E-state index in [-0.39, 0.29) is 72.8 Å². The second kappa shape index (κ2) is 20.0. The Morgan fingerprint density at radius 1 is 0.359 bits per heavy atom. The van der Waals surface area contributed by atoms with Gasteiger partial charge in [0.1, 0.15) is 6.10 Å². The molecule has 0 aromatic heterocycles. The lowest BCUT2D eigenvalue weighted by Crippen LogP contribution is -2.84. The van der Waals surface area contributed by atoms with E-state index in [1.165, 1.54) is 0 Å². The molecular weight excluding hydrogens is 1060 g/mol. The molecule has 408 valence electrons. The number of ether oxygens (including phenoxy) is 2. The van der Waals surface area contributed by atoms with Gasteiger partial charge in [-0.2, -0.15) is 0 Å². The second-order valence-corrected chi connectivity index (χ2v) is 16.4. The molecule has 30 nitrogen and oxygen atoms in total. The van der Waals surface area contributed by atoms with Crippen LogP contribution < -0.4 is 0 Å². The molecule has 0 bridgehead atoms. The molecule has 0 spiro atoms. The summed E-state index contributed by atoms with van der Waals surface area (Å²) in [6.45, 7) is -2.35. The average Bonchev–Trinajstić information content (AvgIpc) is 3.39. The van der Waals surface area contributed by atoms with Crippen molar-refractivity contribution in [3.05, 3.63) is 106 Å². The summed E-state index contributed by atoms with van der Waals surface area (Å²) in [5.74, 6) is -48.5. The Balaban J connectivity index is 2.06. The number of ketones is 5. The van der Waals surface area contributed by atoms with Gasteiger partial charge >= 0.3 is 11.9 Å². The Labute approximate surface area is 429 Å². The second-order valence-electron chi connectivity index (χ2n) is 16.4. The molecule has 0 radical (unpaired) electrons. The first-order valence-corrected chi connectivity index (χ1v) is 20.9. The summed E-state index contributed by atoms with van der Waals surface area (Å²) < 4.78 is 11.0. The molecule has 0 heterocycles. The van der Waals surface area contributed by atoms with Crippen molar-refractivity contribution in [2.75, 3.05) is 6.61 Å². The molecule has 0 aliphatic carbocycles. The van der Waals surface area contributed by atoms with Gasteiger partial charge in [0.25, 0.3) is 17.0 Å². The van der Waals surface area contributed by atoms with E-state index >= 15 is 28.8 Å². The molecule has 6 rings (SSSR count). The molecule has 0 aliphatic heterocycles. The highest BCUT2D eigenvalue weighted by Gasteiger charge is 2.83. The standard InChI is InChI=1S/C48H36O30/c49-13-32(62)46(76,40(70)15-3-22(52)35(65)23(53)4-15)48(42(72)17-7-26(56)37(67)27(57)8-17,78-45(75)19-11-30(60)39(69)31(61)12-19)47(41(71)16-5-24(54)36(66)25(55)6-16,77-44(74)18-9-28(58)38(68)29(59)10-18)43(73)33(63)14-1-20(50)34(64)21(51)2-14/h1-12,32,49-62,64-69,76H,13H2. The molecule has 78 heavy (non-hydrogen) atoms. The van der Waals surface area contributed by atoms with Crippen LogP contribution in [0, 0.1) is 0 Å². The van der Waals surface area contributed by atoms with Gasteiger partial charge in [0.15, 0.2) is 103 Å². The first-order valence-electron chi connectivity index (χ1n) is 20.9. The molecule has 0 aliphatic rings. The normalized spacial score (nSPS) is 13.9. The molecular formula is C48H36O30. The van der Waals surface area contributed by atoms with Gasteiger partial charge in [-0.3, -0.25) is 24.0 Å². The highest BCUT2D eigenvalue weighted by atomic mass is 16.6. The van der Waals surface area contributed by atoms with Crippen LogP contribution in [-0.4, -0.2) is 178 Å². The van der Waals surface area contributed by atoms with Gasteiger partial charge in [-0.1, -0.05) is 0 Å². The molecule has 6 aromatic carbocycles. The fourth-order valence-electron chi connectivity index (χ4n) is 7.76. The predicted molar refractivity (Wildman–Crippen MR) is 245 cm³/mol. The van der Waals surface area contributed by atoms with Crippen molar-refractivity contribution < 1.29 is 150 Å². The van der Waals surface area contributed by atoms with Gasteiger partial charge < -0.3 is 117 Å². The van der Waals surface area contributed by atoms with Gasteiger partial charge in [-0.15, -0.1) is 0 Å². The minimum absolute atomic E-state index is 0.000295. The number of carbonyl (C=O) groups is 7. The van der Waals surface area contributed by atoms with E-state index in [1.54, 1.807) is 0 Å². The van der Waals surface area contributed by atoms with Crippen LogP contribution in [0.2, 0.25) is 0 Å². The van der Waals surface area contributed by atoms with Crippen LogP contribution in [-0.2, 0) is 14.3 Å². The third kappa shape index (κ3) is 8.86. The van der Waals surface area contributed by atoms with Crippen LogP contribution in [0.5, 0.6) is 103 Å². The minimum Gasteiger partial charge on any atom is -0.504 e. The lowest BCUT2D eigenvalue weighted by Gasteiger charge is -2.52. The quantitative estimate of drug-likeness (QED) is 0.0189. The van der Waals surface area contributed by atoms with E-state index in [4.69, 9.17) is 9.47 Å². The number of esters is 2. The molecule has 6 aromatic rings. The smallest absolute Gasteiger partial charge is 0.340 e. The van der Waals surface area contributed by atoms with Crippen molar-refractivity contribution in [3.63, 3.8) is 0 Å². The van der Waals surface area contributed by atoms with Gasteiger partial charge in [0.2, 0.25) is 28.7 Å². The Kier molecular flexibility index (Phi) is 14.4. The number of carbonyl (C=O) groups excluding carboxylic acids is 7. The fourth-order valence-corrected chi connectivity index (χ4v) is 7.76. The SMILES string of the molecule is O=C(OC(C(=O)C(=O)c1cc(O)c(O)c(O)c1)(C(=O)c1cc(O)c(O)c(O)c1)C(OC(=O)c1cc(O)c(O)c(O)c1)(C(=O)c1cc(O)c(O)c(O)c1)C(O)(C(=O)c1cc(O)c(O)c(O)c1)C(O)CO)c1cc(O)c(O)c(O)c1. The Morgan fingerprint density at radius 2 is 0.603 bits per heavy atom. The van der Waals surface area contributed by atoms with Crippen LogP contribution in [0.3, 0.4) is 0 Å². The van der Waals surface area contributed by atoms with E-state index in [9.17, 15) is 112 Å². The molecule has 4 atom stereocenters. The highest BCUT2D eigenvalue weighted by Crippen LogP contribution is 2.53. The number of hydrogen-bond donors (Lipinski definition) is 21. The zero-order chi connectivity index (χ0) is 58.6. The van der Waals surface area contributed by atoms with E-state index < -0.39 is 207 Å². The zero-order valence-electron chi connectivity index (χ0n) is 38.3. The summed E-state index contributed by atoms with van der Waals surface area (Å²) >= 11 is 0. The third-order valence-corrected chi connectivity index (χ3v) is 11.6. The maximum atomic E-state index is 16.4. The van der Waals surface area contributed by atoms with E-state index in [2.05, 4.69) is 0 Å². The molecule has 0 saturated heterocycles. The first kappa shape index (κ1) is 56.2.